The Morgan fingerprint density at radius 1 is 0.640 bits per heavy atom. The van der Waals surface area contributed by atoms with Crippen molar-refractivity contribution in [3.8, 4) is 0 Å². The van der Waals surface area contributed by atoms with Crippen LogP contribution in [0.4, 0.5) is 0 Å². The molecule has 0 aromatic carbocycles. The third-order valence-electron chi connectivity index (χ3n) is 6.33. The topological polar surface area (TPSA) is 0 Å². The maximum Gasteiger partial charge on any atom is 2.00 e. The molecule has 136 valence electrons. The molecule has 0 aromatic rings. The van der Waals surface area contributed by atoms with E-state index in [0.29, 0.717) is 0 Å². The maximum atomic E-state index is 3.57. The van der Waals surface area contributed by atoms with Crippen LogP contribution in [0.5, 0.6) is 0 Å². The molecule has 0 bridgehead atoms. The van der Waals surface area contributed by atoms with E-state index in [1.807, 2.05) is 0 Å². The molecule has 1 heteroatoms. The van der Waals surface area contributed by atoms with Crippen molar-refractivity contribution in [1.29, 1.82) is 0 Å². The van der Waals surface area contributed by atoms with Crippen molar-refractivity contribution < 1.29 is 0 Å². The summed E-state index contributed by atoms with van der Waals surface area (Å²) in [5.74, 6) is 0. The summed E-state index contributed by atoms with van der Waals surface area (Å²) in [6.07, 6.45) is 12.1. The van der Waals surface area contributed by atoms with Crippen LogP contribution in [0.25, 0.3) is 0 Å². The quantitative estimate of drug-likeness (QED) is 0.366. The van der Waals surface area contributed by atoms with Gasteiger partial charge in [0, 0.05) is 0 Å². The molecule has 2 unspecified atom stereocenters. The number of hydrogen-bond acceptors (Lipinski definition) is 0. The van der Waals surface area contributed by atoms with E-state index in [1.54, 1.807) is 0 Å². The maximum absolute atomic E-state index is 3.57. The summed E-state index contributed by atoms with van der Waals surface area (Å²) in [6.45, 7) is 22.3. The molecule has 2 aliphatic rings. The molecule has 0 aliphatic heterocycles. The minimum atomic E-state index is 0. The largest absolute Gasteiger partial charge is 2.00 e. The fourth-order valence-corrected chi connectivity index (χ4v) is 4.09. The first-order valence-electron chi connectivity index (χ1n) is 9.62. The van der Waals surface area contributed by atoms with Crippen molar-refractivity contribution in [1.82, 2.24) is 0 Å². The van der Waals surface area contributed by atoms with Crippen molar-refractivity contribution in [2.45, 2.75) is 94.9 Å². The van der Waals surface area contributed by atoms with Gasteiger partial charge in [-0.25, -0.2) is 11.1 Å². The van der Waals surface area contributed by atoms with Crippen molar-refractivity contribution in [3.05, 3.63) is 45.6 Å². The van der Waals surface area contributed by atoms with Gasteiger partial charge in [0.15, 0.2) is 0 Å². The molecule has 2 rings (SSSR count). The molecule has 0 saturated heterocycles. The SMILES string of the molecule is CCCC1(C)[C-]=C(C)C(C)=C1C.CCCC1(C)[C-]=C(C)C(C)=C1C.[Mg+2]. The van der Waals surface area contributed by atoms with E-state index >= 15 is 0 Å². The van der Waals surface area contributed by atoms with Crippen LogP contribution in [0.3, 0.4) is 0 Å². The van der Waals surface area contributed by atoms with Gasteiger partial charge in [-0.2, -0.15) is 22.3 Å². The molecule has 0 amide bonds. The van der Waals surface area contributed by atoms with Crippen molar-refractivity contribution >= 4 is 23.1 Å². The van der Waals surface area contributed by atoms with E-state index in [0.717, 1.165) is 0 Å². The first-order valence-corrected chi connectivity index (χ1v) is 9.62. The molecule has 0 N–H and O–H groups in total. The molecule has 0 spiro atoms. The summed E-state index contributed by atoms with van der Waals surface area (Å²) < 4.78 is 0. The molecule has 2 aliphatic carbocycles. The zero-order chi connectivity index (χ0) is 18.7. The first kappa shape index (κ1) is 24.7. The third kappa shape index (κ3) is 5.36. The predicted octanol–water partition coefficient (Wildman–Crippen LogP) is 7.40. The summed E-state index contributed by atoms with van der Waals surface area (Å²) in [5, 5.41) is 0. The van der Waals surface area contributed by atoms with Crippen LogP contribution in [-0.4, -0.2) is 23.1 Å². The third-order valence-corrected chi connectivity index (χ3v) is 6.33. The van der Waals surface area contributed by atoms with Gasteiger partial charge in [-0.1, -0.05) is 91.9 Å². The van der Waals surface area contributed by atoms with Gasteiger partial charge in [-0.15, -0.1) is 13.8 Å². The van der Waals surface area contributed by atoms with E-state index in [4.69, 9.17) is 0 Å². The van der Waals surface area contributed by atoms with Crippen LogP contribution < -0.4 is 0 Å². The van der Waals surface area contributed by atoms with E-state index in [2.05, 4.69) is 81.4 Å². The van der Waals surface area contributed by atoms with Gasteiger partial charge >= 0.3 is 23.1 Å². The van der Waals surface area contributed by atoms with Gasteiger partial charge in [0.25, 0.3) is 0 Å². The molecule has 25 heavy (non-hydrogen) atoms. The standard InChI is InChI=1S/2C12H19.Mg/c2*1-6-7-12(5)8-9(2)10(3)11(12)4;/h2*6-7H2,1-5H3;/q2*-1;+2. The normalized spacial score (nSPS) is 28.4. The number of hydrogen-bond donors (Lipinski definition) is 0. The average Bonchev–Trinajstić information content (AvgIpc) is 2.81. The van der Waals surface area contributed by atoms with E-state index < -0.39 is 0 Å². The second-order valence-corrected chi connectivity index (χ2v) is 8.16. The Hall–Kier alpha value is -0.274. The van der Waals surface area contributed by atoms with Gasteiger partial charge in [-0.05, 0) is 0 Å². The predicted molar refractivity (Wildman–Crippen MR) is 113 cm³/mol. The summed E-state index contributed by atoms with van der Waals surface area (Å²) in [7, 11) is 0. The Labute approximate surface area is 174 Å². The molecule has 0 fully saturated rings. The van der Waals surface area contributed by atoms with Crippen LogP contribution >= 0.6 is 0 Å². The molecular formula is C24H38Mg. The van der Waals surface area contributed by atoms with E-state index in [-0.39, 0.29) is 33.9 Å². The number of allylic oxidation sites excluding steroid dienone is 8. The molecule has 0 radical (unpaired) electrons. The second kappa shape index (κ2) is 9.60. The zero-order valence-corrected chi connectivity index (χ0v) is 19.9. The van der Waals surface area contributed by atoms with Crippen molar-refractivity contribution in [2.75, 3.05) is 0 Å². The summed E-state index contributed by atoms with van der Waals surface area (Å²) in [4.78, 5) is 0. The van der Waals surface area contributed by atoms with Crippen LogP contribution in [-0.2, 0) is 0 Å². The monoisotopic (exact) mass is 350 g/mol. The van der Waals surface area contributed by atoms with Gasteiger partial charge in [0.1, 0.15) is 0 Å². The second-order valence-electron chi connectivity index (χ2n) is 8.16. The Morgan fingerprint density at radius 2 is 0.920 bits per heavy atom. The molecular weight excluding hydrogens is 313 g/mol. The summed E-state index contributed by atoms with van der Waals surface area (Å²) >= 11 is 0. The first-order chi connectivity index (χ1) is 11.0. The van der Waals surface area contributed by atoms with Crippen LogP contribution in [0.2, 0.25) is 0 Å². The molecule has 0 aromatic heterocycles. The van der Waals surface area contributed by atoms with Gasteiger partial charge < -0.3 is 0 Å². The van der Waals surface area contributed by atoms with Crippen LogP contribution in [0.15, 0.2) is 33.4 Å². The van der Waals surface area contributed by atoms with Gasteiger partial charge in [0.05, 0.1) is 0 Å². The Morgan fingerprint density at radius 3 is 1.08 bits per heavy atom. The fraction of sp³-hybridized carbons (Fsp3) is 0.667. The molecule has 0 heterocycles. The average molecular weight is 351 g/mol. The van der Waals surface area contributed by atoms with Crippen molar-refractivity contribution in [2.24, 2.45) is 10.8 Å². The van der Waals surface area contributed by atoms with Gasteiger partial charge in [-0.3, -0.25) is 12.2 Å². The number of rotatable bonds is 4. The van der Waals surface area contributed by atoms with E-state index in [1.165, 1.54) is 59.1 Å². The van der Waals surface area contributed by atoms with E-state index in [9.17, 15) is 0 Å². The Bertz CT molecular complexity index is 546. The fourth-order valence-electron chi connectivity index (χ4n) is 4.09. The molecule has 0 saturated carbocycles. The minimum Gasteiger partial charge on any atom is -0.263 e. The smallest absolute Gasteiger partial charge is 0.263 e. The minimum absolute atomic E-state index is 0. The Kier molecular flexibility index (Phi) is 9.50. The van der Waals surface area contributed by atoms with Gasteiger partial charge in [0.2, 0.25) is 0 Å². The van der Waals surface area contributed by atoms with Crippen molar-refractivity contribution in [3.63, 3.8) is 0 Å². The Balaban J connectivity index is 0.000000443. The van der Waals surface area contributed by atoms with Crippen LogP contribution in [0.1, 0.15) is 94.9 Å². The summed E-state index contributed by atoms with van der Waals surface area (Å²) in [5.41, 5.74) is 9.11. The summed E-state index contributed by atoms with van der Waals surface area (Å²) in [6, 6.07) is 0. The zero-order valence-electron chi connectivity index (χ0n) is 18.5. The molecule has 2 atom stereocenters. The molecule has 0 nitrogen and oxygen atoms in total. The van der Waals surface area contributed by atoms with Crippen LogP contribution in [0, 0.1) is 23.0 Å².